The number of carbonyl (C=O) groups is 1. The molecule has 0 saturated heterocycles. The van der Waals surface area contributed by atoms with E-state index in [0.717, 1.165) is 0 Å². The standard InChI is InChI=1S/C25H22N2O6S/c1-32-18-10-12-20(13-11-18)34(30,31)23-15-27(22-9-4-3-8-21(22)25(23)29)16-24(28)26-17-6-5-7-19(14-17)33-2/h3-15H,16H2,1-2H3,(H,26,28). The number of nitrogens with zero attached hydrogens (tertiary/aromatic N) is 1. The molecule has 0 aliphatic heterocycles. The van der Waals surface area contributed by atoms with Gasteiger partial charge in [-0.15, -0.1) is 0 Å². The molecule has 8 nitrogen and oxygen atoms in total. The second kappa shape index (κ2) is 9.40. The number of nitrogens with one attached hydrogen (secondary N) is 1. The zero-order chi connectivity index (χ0) is 24.3. The van der Waals surface area contributed by atoms with Gasteiger partial charge in [0.05, 0.1) is 24.6 Å². The van der Waals surface area contributed by atoms with Crippen molar-refractivity contribution in [3.05, 3.63) is 89.2 Å². The average Bonchev–Trinajstić information content (AvgIpc) is 2.85. The quantitative estimate of drug-likeness (QED) is 0.436. The Kier molecular flexibility index (Phi) is 6.38. The lowest BCUT2D eigenvalue weighted by Gasteiger charge is -2.14. The van der Waals surface area contributed by atoms with E-state index in [4.69, 9.17) is 9.47 Å². The molecule has 4 aromatic rings. The molecule has 1 amide bonds. The van der Waals surface area contributed by atoms with Crippen LogP contribution >= 0.6 is 0 Å². The third kappa shape index (κ3) is 4.51. The number of benzene rings is 3. The van der Waals surface area contributed by atoms with Gasteiger partial charge in [0, 0.05) is 23.3 Å². The molecular weight excluding hydrogens is 456 g/mol. The van der Waals surface area contributed by atoms with E-state index in [-0.39, 0.29) is 16.8 Å². The Bertz CT molecular complexity index is 1530. The Labute approximate surface area is 196 Å². The fourth-order valence-electron chi connectivity index (χ4n) is 3.58. The molecule has 0 aliphatic carbocycles. The van der Waals surface area contributed by atoms with Crippen molar-refractivity contribution in [2.24, 2.45) is 0 Å². The lowest BCUT2D eigenvalue weighted by Crippen LogP contribution is -2.23. The van der Waals surface area contributed by atoms with E-state index in [1.165, 1.54) is 49.2 Å². The van der Waals surface area contributed by atoms with Crippen LogP contribution in [0.25, 0.3) is 10.9 Å². The van der Waals surface area contributed by atoms with Crippen LogP contribution in [-0.2, 0) is 21.2 Å². The lowest BCUT2D eigenvalue weighted by atomic mass is 10.2. The number of methoxy groups -OCH3 is 2. The molecule has 174 valence electrons. The molecule has 0 atom stereocenters. The fraction of sp³-hybridized carbons (Fsp3) is 0.120. The first-order valence-electron chi connectivity index (χ1n) is 10.3. The minimum absolute atomic E-state index is 0.0481. The SMILES string of the molecule is COc1ccc(S(=O)(=O)c2cn(CC(=O)Nc3cccc(OC)c3)c3ccccc3c2=O)cc1. The zero-order valence-electron chi connectivity index (χ0n) is 18.5. The number of anilines is 1. The molecule has 4 rings (SSSR count). The van der Waals surface area contributed by atoms with Gasteiger partial charge >= 0.3 is 0 Å². The summed E-state index contributed by atoms with van der Waals surface area (Å²) in [6.07, 6.45) is 1.22. The summed E-state index contributed by atoms with van der Waals surface area (Å²) in [6.45, 7) is -0.205. The van der Waals surface area contributed by atoms with E-state index in [0.29, 0.717) is 22.7 Å². The monoisotopic (exact) mass is 478 g/mol. The maximum atomic E-state index is 13.3. The summed E-state index contributed by atoms with van der Waals surface area (Å²) in [5, 5.41) is 2.97. The number of hydrogen-bond donors (Lipinski definition) is 1. The van der Waals surface area contributed by atoms with Crippen LogP contribution in [0.5, 0.6) is 11.5 Å². The van der Waals surface area contributed by atoms with Crippen molar-refractivity contribution in [2.45, 2.75) is 16.3 Å². The molecule has 0 unspecified atom stereocenters. The second-order valence-corrected chi connectivity index (χ2v) is 9.34. The molecule has 0 fully saturated rings. The number of sulfone groups is 1. The van der Waals surface area contributed by atoms with Crippen molar-refractivity contribution in [3.63, 3.8) is 0 Å². The molecule has 0 bridgehead atoms. The number of ether oxygens (including phenoxy) is 2. The summed E-state index contributed by atoms with van der Waals surface area (Å²) < 4.78 is 38.4. The fourth-order valence-corrected chi connectivity index (χ4v) is 4.95. The zero-order valence-corrected chi connectivity index (χ0v) is 19.3. The van der Waals surface area contributed by atoms with Gasteiger partial charge in [-0.05, 0) is 48.5 Å². The third-order valence-corrected chi connectivity index (χ3v) is 7.04. The Morgan fingerprint density at radius 2 is 1.62 bits per heavy atom. The Morgan fingerprint density at radius 3 is 2.32 bits per heavy atom. The summed E-state index contributed by atoms with van der Waals surface area (Å²) in [6, 6.07) is 19.2. The molecular formula is C25H22N2O6S. The molecule has 1 aromatic heterocycles. The van der Waals surface area contributed by atoms with Crippen LogP contribution in [-0.4, -0.2) is 33.1 Å². The topological polar surface area (TPSA) is 104 Å². The number of aromatic nitrogens is 1. The molecule has 3 aromatic carbocycles. The van der Waals surface area contributed by atoms with Gasteiger partial charge in [-0.3, -0.25) is 9.59 Å². The number of hydrogen-bond acceptors (Lipinski definition) is 6. The van der Waals surface area contributed by atoms with Crippen molar-refractivity contribution in [3.8, 4) is 11.5 Å². The lowest BCUT2D eigenvalue weighted by molar-refractivity contribution is -0.116. The third-order valence-electron chi connectivity index (χ3n) is 5.28. The number of para-hydroxylation sites is 1. The predicted molar refractivity (Wildman–Crippen MR) is 128 cm³/mol. The van der Waals surface area contributed by atoms with Crippen LogP contribution in [0, 0.1) is 0 Å². The van der Waals surface area contributed by atoms with Gasteiger partial charge in [-0.2, -0.15) is 0 Å². The van der Waals surface area contributed by atoms with Crippen LogP contribution in [0.15, 0.2) is 93.6 Å². The van der Waals surface area contributed by atoms with Crippen molar-refractivity contribution in [1.29, 1.82) is 0 Å². The normalized spacial score (nSPS) is 11.2. The second-order valence-electron chi connectivity index (χ2n) is 7.43. The van der Waals surface area contributed by atoms with E-state index in [2.05, 4.69) is 5.32 Å². The highest BCUT2D eigenvalue weighted by atomic mass is 32.2. The highest BCUT2D eigenvalue weighted by Crippen LogP contribution is 2.23. The van der Waals surface area contributed by atoms with Gasteiger partial charge in [-0.1, -0.05) is 18.2 Å². The molecule has 9 heteroatoms. The molecule has 34 heavy (non-hydrogen) atoms. The Balaban J connectivity index is 1.76. The molecule has 0 aliphatic rings. The van der Waals surface area contributed by atoms with E-state index in [9.17, 15) is 18.0 Å². The van der Waals surface area contributed by atoms with E-state index in [1.807, 2.05) is 0 Å². The summed E-state index contributed by atoms with van der Waals surface area (Å²) in [4.78, 5) is 25.5. The van der Waals surface area contributed by atoms with Gasteiger partial charge in [0.25, 0.3) is 0 Å². The highest BCUT2D eigenvalue weighted by molar-refractivity contribution is 7.91. The number of rotatable bonds is 7. The molecule has 0 saturated carbocycles. The van der Waals surface area contributed by atoms with Gasteiger partial charge in [0.2, 0.25) is 21.2 Å². The first kappa shape index (κ1) is 23.1. The molecule has 1 N–H and O–H groups in total. The maximum absolute atomic E-state index is 13.3. The minimum atomic E-state index is -4.15. The van der Waals surface area contributed by atoms with Crippen LogP contribution < -0.4 is 20.2 Å². The summed E-state index contributed by atoms with van der Waals surface area (Å²) >= 11 is 0. The minimum Gasteiger partial charge on any atom is -0.497 e. The van der Waals surface area contributed by atoms with Gasteiger partial charge in [0.1, 0.15) is 22.9 Å². The van der Waals surface area contributed by atoms with Crippen LogP contribution in [0.2, 0.25) is 0 Å². The van der Waals surface area contributed by atoms with Gasteiger partial charge < -0.3 is 19.4 Å². The smallest absolute Gasteiger partial charge is 0.244 e. The van der Waals surface area contributed by atoms with E-state index >= 15 is 0 Å². The predicted octanol–water partition coefficient (Wildman–Crippen LogP) is 3.49. The molecule has 0 radical (unpaired) electrons. The van der Waals surface area contributed by atoms with Crippen molar-refractivity contribution in [2.75, 3.05) is 19.5 Å². The first-order chi connectivity index (χ1) is 16.3. The summed E-state index contributed by atoms with van der Waals surface area (Å²) in [5.41, 5.74) is 0.346. The van der Waals surface area contributed by atoms with Crippen molar-refractivity contribution in [1.82, 2.24) is 4.57 Å². The van der Waals surface area contributed by atoms with Crippen LogP contribution in [0.4, 0.5) is 5.69 Å². The number of fused-ring (bicyclic) bond motifs is 1. The molecule has 1 heterocycles. The first-order valence-corrected chi connectivity index (χ1v) is 11.8. The number of carbonyl (C=O) groups excluding carboxylic acids is 1. The highest BCUT2D eigenvalue weighted by Gasteiger charge is 2.24. The van der Waals surface area contributed by atoms with Gasteiger partial charge in [0.15, 0.2) is 0 Å². The largest absolute Gasteiger partial charge is 0.497 e. The Morgan fingerprint density at radius 1 is 0.912 bits per heavy atom. The number of amides is 1. The van der Waals surface area contributed by atoms with E-state index in [1.54, 1.807) is 48.5 Å². The molecule has 0 spiro atoms. The van der Waals surface area contributed by atoms with Crippen LogP contribution in [0.1, 0.15) is 0 Å². The number of pyridine rings is 1. The van der Waals surface area contributed by atoms with Crippen molar-refractivity contribution >= 4 is 32.3 Å². The summed E-state index contributed by atoms with van der Waals surface area (Å²) in [5.74, 6) is 0.679. The average molecular weight is 479 g/mol. The summed E-state index contributed by atoms with van der Waals surface area (Å²) in [7, 11) is -1.15. The van der Waals surface area contributed by atoms with E-state index < -0.39 is 26.1 Å². The Hall–Kier alpha value is -4.11. The van der Waals surface area contributed by atoms with Gasteiger partial charge in [-0.25, -0.2) is 8.42 Å². The maximum Gasteiger partial charge on any atom is 0.244 e. The van der Waals surface area contributed by atoms with Crippen molar-refractivity contribution < 1.29 is 22.7 Å². The van der Waals surface area contributed by atoms with Crippen LogP contribution in [0.3, 0.4) is 0 Å².